The Morgan fingerprint density at radius 1 is 1.17 bits per heavy atom. The molecule has 6 nitrogen and oxygen atoms in total. The molecule has 0 bridgehead atoms. The van der Waals surface area contributed by atoms with Crippen molar-refractivity contribution >= 4 is 58.0 Å². The Balaban J connectivity index is 1.46. The zero-order valence-corrected chi connectivity index (χ0v) is 17.9. The summed E-state index contributed by atoms with van der Waals surface area (Å²) in [5.41, 5.74) is 0.728. The van der Waals surface area contributed by atoms with Crippen LogP contribution in [0.5, 0.6) is 0 Å². The number of thioether (sulfide) groups is 1. The van der Waals surface area contributed by atoms with Crippen molar-refractivity contribution in [3.05, 3.63) is 51.0 Å². The summed E-state index contributed by atoms with van der Waals surface area (Å²) >= 11 is 13.5. The van der Waals surface area contributed by atoms with Crippen LogP contribution >= 0.6 is 35.0 Å². The topological polar surface area (TPSA) is 66.1 Å². The molecule has 1 aromatic heterocycles. The highest BCUT2D eigenvalue weighted by Crippen LogP contribution is 2.34. The van der Waals surface area contributed by atoms with Crippen LogP contribution in [0.3, 0.4) is 0 Å². The van der Waals surface area contributed by atoms with Crippen LogP contribution in [0, 0.1) is 0 Å². The van der Waals surface area contributed by atoms with Gasteiger partial charge in [-0.2, -0.15) is 4.99 Å². The molecule has 0 N–H and O–H groups in total. The molecule has 2 amide bonds. The summed E-state index contributed by atoms with van der Waals surface area (Å²) in [6.07, 6.45) is 1.68. The smallest absolute Gasteiger partial charge is 0.286 e. The van der Waals surface area contributed by atoms with Crippen LogP contribution in [0.2, 0.25) is 10.0 Å². The first-order valence-corrected chi connectivity index (χ1v) is 10.6. The minimum atomic E-state index is -0.290. The summed E-state index contributed by atoms with van der Waals surface area (Å²) in [5.74, 6) is 0.911. The number of aliphatic imine (C=N–C) groups is 1. The van der Waals surface area contributed by atoms with Gasteiger partial charge in [-0.1, -0.05) is 23.2 Å². The van der Waals surface area contributed by atoms with E-state index < -0.39 is 0 Å². The van der Waals surface area contributed by atoms with Crippen molar-refractivity contribution < 1.29 is 14.0 Å². The number of piperazine rings is 1. The standard InChI is InChI=1S/C20H17Cl2N3O3S/c1-12(26)24-6-8-25(9-7-24)20-23-19(27)18(29-20)11-14-3-5-17(28-14)15-4-2-13(21)10-16(15)22/h2-5,10-11H,6-9H2,1H3. The lowest BCUT2D eigenvalue weighted by molar-refractivity contribution is -0.130. The highest BCUT2D eigenvalue weighted by molar-refractivity contribution is 8.18. The Hall–Kier alpha value is -2.22. The van der Waals surface area contributed by atoms with E-state index in [2.05, 4.69) is 4.99 Å². The van der Waals surface area contributed by atoms with E-state index in [-0.39, 0.29) is 11.8 Å². The predicted molar refractivity (Wildman–Crippen MR) is 116 cm³/mol. The Labute approximate surface area is 182 Å². The zero-order valence-electron chi connectivity index (χ0n) is 15.5. The second-order valence-corrected chi connectivity index (χ2v) is 8.48. The predicted octanol–water partition coefficient (Wildman–Crippen LogP) is 4.39. The number of hydrogen-bond donors (Lipinski definition) is 0. The van der Waals surface area contributed by atoms with Crippen LogP contribution in [0.4, 0.5) is 0 Å². The quantitative estimate of drug-likeness (QED) is 0.636. The van der Waals surface area contributed by atoms with E-state index in [9.17, 15) is 9.59 Å². The maximum Gasteiger partial charge on any atom is 0.286 e. The Morgan fingerprint density at radius 2 is 1.93 bits per heavy atom. The lowest BCUT2D eigenvalue weighted by atomic mass is 10.2. The molecule has 2 aliphatic heterocycles. The number of hydrogen-bond acceptors (Lipinski definition) is 5. The van der Waals surface area contributed by atoms with Crippen LogP contribution in [-0.2, 0) is 9.59 Å². The molecular weight excluding hydrogens is 433 g/mol. The van der Waals surface area contributed by atoms with Gasteiger partial charge in [0.05, 0.1) is 9.93 Å². The number of nitrogens with zero attached hydrogens (tertiary/aromatic N) is 3. The minimum Gasteiger partial charge on any atom is -0.457 e. The van der Waals surface area contributed by atoms with Crippen LogP contribution in [0.25, 0.3) is 17.4 Å². The van der Waals surface area contributed by atoms with Gasteiger partial charge < -0.3 is 14.2 Å². The number of halogens is 2. The number of rotatable bonds is 2. The van der Waals surface area contributed by atoms with Crippen molar-refractivity contribution in [1.29, 1.82) is 0 Å². The van der Waals surface area contributed by atoms with Crippen LogP contribution < -0.4 is 0 Å². The van der Waals surface area contributed by atoms with Gasteiger partial charge in [0.1, 0.15) is 11.5 Å². The van der Waals surface area contributed by atoms with Crippen molar-refractivity contribution in [1.82, 2.24) is 9.80 Å². The molecule has 0 unspecified atom stereocenters. The third-order valence-corrected chi connectivity index (χ3v) is 6.29. The number of amides is 2. The molecule has 2 aliphatic rings. The molecule has 0 atom stereocenters. The fraction of sp³-hybridized carbons (Fsp3) is 0.250. The lowest BCUT2D eigenvalue weighted by Crippen LogP contribution is -2.49. The van der Waals surface area contributed by atoms with Gasteiger partial charge in [0.15, 0.2) is 5.17 Å². The van der Waals surface area contributed by atoms with E-state index >= 15 is 0 Å². The van der Waals surface area contributed by atoms with E-state index in [0.29, 0.717) is 57.8 Å². The molecule has 150 valence electrons. The van der Waals surface area contributed by atoms with Crippen molar-refractivity contribution in [2.45, 2.75) is 6.92 Å². The summed E-state index contributed by atoms with van der Waals surface area (Å²) in [5, 5.41) is 1.71. The SMILES string of the molecule is CC(=O)N1CCN(C2=NC(=O)C(=Cc3ccc(-c4ccc(Cl)cc4Cl)o3)S2)CC1. The lowest BCUT2D eigenvalue weighted by Gasteiger charge is -2.34. The van der Waals surface area contributed by atoms with E-state index in [1.807, 2.05) is 4.90 Å². The van der Waals surface area contributed by atoms with Crippen molar-refractivity contribution in [3.63, 3.8) is 0 Å². The van der Waals surface area contributed by atoms with E-state index in [1.54, 1.807) is 48.2 Å². The minimum absolute atomic E-state index is 0.0664. The van der Waals surface area contributed by atoms with Gasteiger partial charge in [-0.05, 0) is 42.1 Å². The highest BCUT2D eigenvalue weighted by Gasteiger charge is 2.29. The van der Waals surface area contributed by atoms with Gasteiger partial charge in [0.25, 0.3) is 5.91 Å². The normalized spacial score (nSPS) is 18.5. The highest BCUT2D eigenvalue weighted by atomic mass is 35.5. The Bertz CT molecular complexity index is 1040. The number of amidine groups is 1. The Kier molecular flexibility index (Phi) is 5.72. The number of furan rings is 1. The van der Waals surface area contributed by atoms with E-state index in [1.165, 1.54) is 11.8 Å². The molecule has 9 heteroatoms. The number of carbonyl (C=O) groups is 2. The second kappa shape index (κ2) is 8.26. The summed E-state index contributed by atoms with van der Waals surface area (Å²) in [6.45, 7) is 4.14. The first-order valence-electron chi connectivity index (χ1n) is 8.99. The second-order valence-electron chi connectivity index (χ2n) is 6.63. The molecule has 3 heterocycles. The van der Waals surface area contributed by atoms with Crippen molar-refractivity contribution in [3.8, 4) is 11.3 Å². The van der Waals surface area contributed by atoms with Crippen LogP contribution in [0.1, 0.15) is 12.7 Å². The molecule has 0 spiro atoms. The molecule has 1 fully saturated rings. The molecule has 29 heavy (non-hydrogen) atoms. The first-order chi connectivity index (χ1) is 13.9. The monoisotopic (exact) mass is 449 g/mol. The van der Waals surface area contributed by atoms with Crippen molar-refractivity contribution in [2.24, 2.45) is 4.99 Å². The maximum atomic E-state index is 12.3. The molecule has 0 aliphatic carbocycles. The average Bonchev–Trinajstić information content (AvgIpc) is 3.29. The summed E-state index contributed by atoms with van der Waals surface area (Å²) in [6, 6.07) is 8.77. The first kappa shape index (κ1) is 20.1. The fourth-order valence-electron chi connectivity index (χ4n) is 3.14. The molecule has 1 aromatic carbocycles. The van der Waals surface area contributed by atoms with Gasteiger partial charge in [-0.3, -0.25) is 9.59 Å². The van der Waals surface area contributed by atoms with Gasteiger partial charge in [-0.15, -0.1) is 0 Å². The molecule has 0 saturated carbocycles. The molecule has 2 aromatic rings. The van der Waals surface area contributed by atoms with Gasteiger partial charge in [-0.25, -0.2) is 0 Å². The molecule has 4 rings (SSSR count). The van der Waals surface area contributed by atoms with E-state index in [4.69, 9.17) is 27.6 Å². The summed E-state index contributed by atoms with van der Waals surface area (Å²) < 4.78 is 5.84. The Morgan fingerprint density at radius 3 is 2.62 bits per heavy atom. The van der Waals surface area contributed by atoms with Gasteiger partial charge in [0.2, 0.25) is 5.91 Å². The molecule has 1 saturated heterocycles. The van der Waals surface area contributed by atoms with Crippen LogP contribution in [0.15, 0.2) is 44.6 Å². The summed E-state index contributed by atoms with van der Waals surface area (Å²) in [7, 11) is 0. The summed E-state index contributed by atoms with van der Waals surface area (Å²) in [4.78, 5) is 32.3. The largest absolute Gasteiger partial charge is 0.457 e. The van der Waals surface area contributed by atoms with E-state index in [0.717, 1.165) is 5.56 Å². The third kappa shape index (κ3) is 4.37. The average molecular weight is 450 g/mol. The van der Waals surface area contributed by atoms with Gasteiger partial charge >= 0.3 is 0 Å². The van der Waals surface area contributed by atoms with Crippen LogP contribution in [-0.4, -0.2) is 53.0 Å². The fourth-order valence-corrected chi connectivity index (χ4v) is 4.59. The van der Waals surface area contributed by atoms with Gasteiger partial charge in [0, 0.05) is 49.8 Å². The molecule has 0 radical (unpaired) electrons. The molecular formula is C20H17Cl2N3O3S. The zero-order chi connectivity index (χ0) is 20.5. The third-order valence-electron chi connectivity index (χ3n) is 4.70. The number of carbonyl (C=O) groups excluding carboxylic acids is 2. The van der Waals surface area contributed by atoms with Crippen molar-refractivity contribution in [2.75, 3.05) is 26.2 Å². The number of benzene rings is 1. The maximum absolute atomic E-state index is 12.3.